The highest BCUT2D eigenvalue weighted by atomic mass is 16.1. The highest BCUT2D eigenvalue weighted by Gasteiger charge is 2.01. The normalized spacial score (nSPS) is 10.3. The van der Waals surface area contributed by atoms with Crippen LogP contribution in [0.4, 0.5) is 5.69 Å². The van der Waals surface area contributed by atoms with Crippen molar-refractivity contribution in [3.05, 3.63) is 29.8 Å². The first-order valence-electron chi connectivity index (χ1n) is 6.79. The number of amides is 1. The molecule has 0 radical (unpaired) electrons. The molecule has 1 aromatic rings. The lowest BCUT2D eigenvalue weighted by molar-refractivity contribution is -0.116. The maximum Gasteiger partial charge on any atom is 0.225 e. The zero-order chi connectivity index (χ0) is 13.2. The quantitative estimate of drug-likeness (QED) is 0.694. The van der Waals surface area contributed by atoms with Gasteiger partial charge in [0.15, 0.2) is 0 Å². The van der Waals surface area contributed by atoms with Crippen LogP contribution in [-0.4, -0.2) is 19.0 Å². The monoisotopic (exact) mass is 248 g/mol. The summed E-state index contributed by atoms with van der Waals surface area (Å²) in [6.45, 7) is 5.98. The minimum absolute atomic E-state index is 0.0712. The number of nitrogens with one attached hydrogen (secondary N) is 2. The Morgan fingerprint density at radius 1 is 1.11 bits per heavy atom. The average Bonchev–Trinajstić information content (AvgIpc) is 2.36. The van der Waals surface area contributed by atoms with Gasteiger partial charge in [0.05, 0.1) is 0 Å². The standard InChI is InChI=1S/C15H24N2O/c1-3-4-5-11-16-12-10-15(18)17-14-8-6-13(2)7-9-14/h6-9,16H,3-5,10-12H2,1-2H3,(H,17,18). The first-order chi connectivity index (χ1) is 8.72. The molecule has 0 aromatic heterocycles. The van der Waals surface area contributed by atoms with Crippen LogP contribution in [0, 0.1) is 6.92 Å². The summed E-state index contributed by atoms with van der Waals surface area (Å²) in [4.78, 5) is 11.6. The van der Waals surface area contributed by atoms with E-state index in [1.807, 2.05) is 31.2 Å². The van der Waals surface area contributed by atoms with Crippen molar-refractivity contribution in [2.75, 3.05) is 18.4 Å². The van der Waals surface area contributed by atoms with E-state index in [2.05, 4.69) is 17.6 Å². The van der Waals surface area contributed by atoms with Gasteiger partial charge in [-0.15, -0.1) is 0 Å². The molecule has 1 amide bonds. The number of anilines is 1. The molecule has 0 aliphatic heterocycles. The van der Waals surface area contributed by atoms with E-state index in [9.17, 15) is 4.79 Å². The van der Waals surface area contributed by atoms with Gasteiger partial charge in [-0.05, 0) is 32.0 Å². The van der Waals surface area contributed by atoms with Crippen LogP contribution in [0.15, 0.2) is 24.3 Å². The van der Waals surface area contributed by atoms with Crippen molar-refractivity contribution < 1.29 is 4.79 Å². The minimum Gasteiger partial charge on any atom is -0.326 e. The molecular formula is C15H24N2O. The number of aryl methyl sites for hydroxylation is 1. The van der Waals surface area contributed by atoms with Crippen molar-refractivity contribution in [2.24, 2.45) is 0 Å². The third-order valence-electron chi connectivity index (χ3n) is 2.82. The average molecular weight is 248 g/mol. The van der Waals surface area contributed by atoms with Crippen LogP contribution < -0.4 is 10.6 Å². The van der Waals surface area contributed by atoms with E-state index in [1.165, 1.54) is 24.8 Å². The van der Waals surface area contributed by atoms with E-state index in [0.717, 1.165) is 18.8 Å². The van der Waals surface area contributed by atoms with E-state index in [0.29, 0.717) is 6.42 Å². The molecule has 0 fully saturated rings. The van der Waals surface area contributed by atoms with Crippen LogP contribution in [0.3, 0.4) is 0 Å². The van der Waals surface area contributed by atoms with E-state index < -0.39 is 0 Å². The fourth-order valence-electron chi connectivity index (χ4n) is 1.69. The molecule has 1 aromatic carbocycles. The maximum absolute atomic E-state index is 11.6. The summed E-state index contributed by atoms with van der Waals surface area (Å²) in [7, 11) is 0. The summed E-state index contributed by atoms with van der Waals surface area (Å²) in [5.74, 6) is 0.0712. The van der Waals surface area contributed by atoms with E-state index in [4.69, 9.17) is 0 Å². The smallest absolute Gasteiger partial charge is 0.225 e. The zero-order valence-corrected chi connectivity index (χ0v) is 11.5. The molecule has 100 valence electrons. The van der Waals surface area contributed by atoms with Crippen molar-refractivity contribution in [1.29, 1.82) is 0 Å². The molecule has 0 aliphatic rings. The van der Waals surface area contributed by atoms with Gasteiger partial charge in [0.2, 0.25) is 5.91 Å². The summed E-state index contributed by atoms with van der Waals surface area (Å²) >= 11 is 0. The number of hydrogen-bond acceptors (Lipinski definition) is 2. The molecule has 3 nitrogen and oxygen atoms in total. The summed E-state index contributed by atoms with van der Waals surface area (Å²) in [6, 6.07) is 7.86. The lowest BCUT2D eigenvalue weighted by Gasteiger charge is -2.06. The Labute approximate surface area is 110 Å². The van der Waals surface area contributed by atoms with Crippen molar-refractivity contribution in [2.45, 2.75) is 39.5 Å². The minimum atomic E-state index is 0.0712. The fourth-order valence-corrected chi connectivity index (χ4v) is 1.69. The molecule has 0 aliphatic carbocycles. The number of unbranched alkanes of at least 4 members (excludes halogenated alkanes) is 2. The molecule has 3 heteroatoms. The molecule has 0 bridgehead atoms. The van der Waals surface area contributed by atoms with Gasteiger partial charge in [-0.2, -0.15) is 0 Å². The molecule has 0 atom stereocenters. The summed E-state index contributed by atoms with van der Waals surface area (Å²) in [5.41, 5.74) is 2.07. The Hall–Kier alpha value is -1.35. The maximum atomic E-state index is 11.6. The van der Waals surface area contributed by atoms with Gasteiger partial charge in [0.1, 0.15) is 0 Å². The van der Waals surface area contributed by atoms with Gasteiger partial charge in [0, 0.05) is 18.7 Å². The second kappa shape index (κ2) is 8.70. The molecular weight excluding hydrogens is 224 g/mol. The molecule has 0 saturated carbocycles. The van der Waals surface area contributed by atoms with Crippen molar-refractivity contribution in [3.63, 3.8) is 0 Å². The number of carbonyl (C=O) groups is 1. The van der Waals surface area contributed by atoms with E-state index >= 15 is 0 Å². The van der Waals surface area contributed by atoms with Crippen LogP contribution in [0.2, 0.25) is 0 Å². The van der Waals surface area contributed by atoms with Gasteiger partial charge in [-0.25, -0.2) is 0 Å². The lowest BCUT2D eigenvalue weighted by atomic mass is 10.2. The third kappa shape index (κ3) is 6.40. The van der Waals surface area contributed by atoms with E-state index in [-0.39, 0.29) is 5.91 Å². The first-order valence-corrected chi connectivity index (χ1v) is 6.79. The number of rotatable bonds is 8. The number of benzene rings is 1. The van der Waals surface area contributed by atoms with Crippen LogP contribution in [-0.2, 0) is 4.79 Å². The molecule has 0 heterocycles. The Kier molecular flexibility index (Phi) is 7.11. The predicted octanol–water partition coefficient (Wildman–Crippen LogP) is 3.10. The fraction of sp³-hybridized carbons (Fsp3) is 0.533. The van der Waals surface area contributed by atoms with Gasteiger partial charge < -0.3 is 10.6 Å². The molecule has 18 heavy (non-hydrogen) atoms. The SMILES string of the molecule is CCCCCNCCC(=O)Nc1ccc(C)cc1. The summed E-state index contributed by atoms with van der Waals surface area (Å²) < 4.78 is 0. The van der Waals surface area contributed by atoms with Crippen LogP contribution >= 0.6 is 0 Å². The van der Waals surface area contributed by atoms with Gasteiger partial charge >= 0.3 is 0 Å². The Bertz CT molecular complexity index is 346. The molecule has 0 spiro atoms. The van der Waals surface area contributed by atoms with Crippen molar-refractivity contribution in [1.82, 2.24) is 5.32 Å². The zero-order valence-electron chi connectivity index (χ0n) is 11.5. The predicted molar refractivity (Wildman–Crippen MR) is 76.8 cm³/mol. The van der Waals surface area contributed by atoms with Crippen LogP contribution in [0.1, 0.15) is 38.2 Å². The highest BCUT2D eigenvalue weighted by molar-refractivity contribution is 5.90. The molecule has 0 unspecified atom stereocenters. The Morgan fingerprint density at radius 3 is 2.50 bits per heavy atom. The Morgan fingerprint density at radius 2 is 1.83 bits per heavy atom. The van der Waals surface area contributed by atoms with Crippen molar-refractivity contribution in [3.8, 4) is 0 Å². The van der Waals surface area contributed by atoms with Gasteiger partial charge in [-0.3, -0.25) is 4.79 Å². The highest BCUT2D eigenvalue weighted by Crippen LogP contribution is 2.08. The molecule has 2 N–H and O–H groups in total. The van der Waals surface area contributed by atoms with Crippen LogP contribution in [0.25, 0.3) is 0 Å². The van der Waals surface area contributed by atoms with Gasteiger partial charge in [-0.1, -0.05) is 37.5 Å². The largest absolute Gasteiger partial charge is 0.326 e. The summed E-state index contributed by atoms with van der Waals surface area (Å²) in [6.07, 6.45) is 4.20. The van der Waals surface area contributed by atoms with Crippen molar-refractivity contribution >= 4 is 11.6 Å². The van der Waals surface area contributed by atoms with E-state index in [1.54, 1.807) is 0 Å². The number of hydrogen-bond donors (Lipinski definition) is 2. The number of carbonyl (C=O) groups excluding carboxylic acids is 1. The second-order valence-corrected chi connectivity index (χ2v) is 4.62. The summed E-state index contributed by atoms with van der Waals surface area (Å²) in [5, 5.41) is 6.18. The molecule has 0 saturated heterocycles. The Balaban J connectivity index is 2.12. The second-order valence-electron chi connectivity index (χ2n) is 4.62. The topological polar surface area (TPSA) is 41.1 Å². The van der Waals surface area contributed by atoms with Gasteiger partial charge in [0.25, 0.3) is 0 Å². The molecule has 1 rings (SSSR count). The third-order valence-corrected chi connectivity index (χ3v) is 2.82. The lowest BCUT2D eigenvalue weighted by Crippen LogP contribution is -2.22. The van der Waals surface area contributed by atoms with Crippen LogP contribution in [0.5, 0.6) is 0 Å². The first kappa shape index (κ1) is 14.7.